The summed E-state index contributed by atoms with van der Waals surface area (Å²) in [5, 5.41) is 17.8. The standard InChI is InChI=1S/C13H6F6N2O/c14-12(15,16)8-3-1-2-6-7(9(22)5-20)4-10(13(17,18)19)21-11(6)8/h1-4,9,22H. The quantitative estimate of drug-likeness (QED) is 0.642. The van der Waals surface area contributed by atoms with Gasteiger partial charge in [0.25, 0.3) is 0 Å². The Bertz CT molecular complexity index is 760. The van der Waals surface area contributed by atoms with E-state index >= 15 is 0 Å². The number of alkyl halides is 6. The van der Waals surface area contributed by atoms with E-state index in [4.69, 9.17) is 5.26 Å². The summed E-state index contributed by atoms with van der Waals surface area (Å²) in [6, 6.07) is 4.27. The van der Waals surface area contributed by atoms with Gasteiger partial charge < -0.3 is 5.11 Å². The molecule has 0 spiro atoms. The largest absolute Gasteiger partial charge is 0.433 e. The van der Waals surface area contributed by atoms with Crippen LogP contribution in [0.15, 0.2) is 24.3 Å². The zero-order chi connectivity index (χ0) is 16.7. The second-order valence-electron chi connectivity index (χ2n) is 4.33. The summed E-state index contributed by atoms with van der Waals surface area (Å²) in [4.78, 5) is 3.02. The predicted octanol–water partition coefficient (Wildman–Crippen LogP) is 3.83. The highest BCUT2D eigenvalue weighted by Gasteiger charge is 2.37. The van der Waals surface area contributed by atoms with E-state index in [1.807, 2.05) is 0 Å². The van der Waals surface area contributed by atoms with Crippen LogP contribution in [0, 0.1) is 11.3 Å². The monoisotopic (exact) mass is 320 g/mol. The predicted molar refractivity (Wildman–Crippen MR) is 62.3 cm³/mol. The summed E-state index contributed by atoms with van der Waals surface area (Å²) in [5.74, 6) is 0. The molecule has 2 rings (SSSR count). The average Bonchev–Trinajstić information content (AvgIpc) is 2.42. The molecule has 1 unspecified atom stereocenters. The Balaban J connectivity index is 2.93. The van der Waals surface area contributed by atoms with E-state index in [0.717, 1.165) is 12.1 Å². The van der Waals surface area contributed by atoms with Crippen LogP contribution in [0.5, 0.6) is 0 Å². The fraction of sp³-hybridized carbons (Fsp3) is 0.231. The van der Waals surface area contributed by atoms with Crippen LogP contribution in [-0.2, 0) is 12.4 Å². The van der Waals surface area contributed by atoms with Gasteiger partial charge in [0.05, 0.1) is 17.1 Å². The van der Waals surface area contributed by atoms with E-state index in [9.17, 15) is 31.4 Å². The van der Waals surface area contributed by atoms with Crippen molar-refractivity contribution < 1.29 is 31.4 Å². The van der Waals surface area contributed by atoms with E-state index in [1.54, 1.807) is 0 Å². The number of hydrogen-bond donors (Lipinski definition) is 1. The smallest absolute Gasteiger partial charge is 0.374 e. The van der Waals surface area contributed by atoms with Crippen molar-refractivity contribution in [2.75, 3.05) is 0 Å². The number of nitrogens with zero attached hydrogens (tertiary/aromatic N) is 2. The van der Waals surface area contributed by atoms with Gasteiger partial charge in [0.1, 0.15) is 5.69 Å². The van der Waals surface area contributed by atoms with Crippen molar-refractivity contribution >= 4 is 10.9 Å². The lowest BCUT2D eigenvalue weighted by Gasteiger charge is -2.15. The van der Waals surface area contributed by atoms with Gasteiger partial charge in [-0.2, -0.15) is 31.6 Å². The van der Waals surface area contributed by atoms with Gasteiger partial charge in [0, 0.05) is 10.9 Å². The van der Waals surface area contributed by atoms with Gasteiger partial charge in [-0.3, -0.25) is 0 Å². The number of aliphatic hydroxyl groups excluding tert-OH is 1. The molecule has 0 aliphatic heterocycles. The van der Waals surface area contributed by atoms with Crippen LogP contribution in [0.25, 0.3) is 10.9 Å². The first kappa shape index (κ1) is 16.0. The topological polar surface area (TPSA) is 56.9 Å². The number of rotatable bonds is 1. The molecule has 116 valence electrons. The van der Waals surface area contributed by atoms with Gasteiger partial charge in [-0.15, -0.1) is 0 Å². The highest BCUT2D eigenvalue weighted by Crippen LogP contribution is 2.38. The minimum atomic E-state index is -5.02. The lowest BCUT2D eigenvalue weighted by atomic mass is 10.00. The van der Waals surface area contributed by atoms with Crippen LogP contribution in [-0.4, -0.2) is 10.1 Å². The Morgan fingerprint density at radius 1 is 1.09 bits per heavy atom. The van der Waals surface area contributed by atoms with Gasteiger partial charge in [-0.05, 0) is 12.1 Å². The molecule has 0 saturated carbocycles. The maximum absolute atomic E-state index is 12.9. The van der Waals surface area contributed by atoms with Crippen LogP contribution in [0.4, 0.5) is 26.3 Å². The van der Waals surface area contributed by atoms with Crippen molar-refractivity contribution in [3.8, 4) is 6.07 Å². The number of fused-ring (bicyclic) bond motifs is 1. The molecule has 0 bridgehead atoms. The van der Waals surface area contributed by atoms with Crippen molar-refractivity contribution in [1.29, 1.82) is 5.26 Å². The number of pyridine rings is 1. The molecule has 1 heterocycles. The molecule has 1 N–H and O–H groups in total. The third-order valence-corrected chi connectivity index (χ3v) is 2.88. The Kier molecular flexibility index (Phi) is 3.74. The van der Waals surface area contributed by atoms with Crippen molar-refractivity contribution in [2.45, 2.75) is 18.5 Å². The molecule has 0 fully saturated rings. The van der Waals surface area contributed by atoms with Gasteiger partial charge >= 0.3 is 12.4 Å². The molecule has 0 amide bonds. The minimum Gasteiger partial charge on any atom is -0.374 e. The molecular formula is C13H6F6N2O. The number of hydrogen-bond acceptors (Lipinski definition) is 3. The molecule has 0 radical (unpaired) electrons. The van der Waals surface area contributed by atoms with Crippen LogP contribution in [0.3, 0.4) is 0 Å². The Morgan fingerprint density at radius 3 is 2.23 bits per heavy atom. The number of aliphatic hydroxyl groups is 1. The molecule has 3 nitrogen and oxygen atoms in total. The van der Waals surface area contributed by atoms with Crippen LogP contribution >= 0.6 is 0 Å². The number of nitriles is 1. The minimum absolute atomic E-state index is 0.364. The summed E-state index contributed by atoms with van der Waals surface area (Å²) < 4.78 is 77.1. The molecule has 2 aromatic rings. The first-order valence-corrected chi connectivity index (χ1v) is 5.71. The molecule has 22 heavy (non-hydrogen) atoms. The summed E-state index contributed by atoms with van der Waals surface area (Å²) in [5.41, 5.74) is -4.52. The van der Waals surface area contributed by atoms with E-state index in [1.165, 1.54) is 6.07 Å². The fourth-order valence-electron chi connectivity index (χ4n) is 1.94. The Morgan fingerprint density at radius 2 is 1.73 bits per heavy atom. The lowest BCUT2D eigenvalue weighted by Crippen LogP contribution is -2.13. The first-order valence-electron chi connectivity index (χ1n) is 5.71. The highest BCUT2D eigenvalue weighted by atomic mass is 19.4. The maximum atomic E-state index is 12.9. The average molecular weight is 320 g/mol. The van der Waals surface area contributed by atoms with Crippen molar-refractivity contribution in [2.24, 2.45) is 0 Å². The van der Waals surface area contributed by atoms with Gasteiger partial charge in [-0.1, -0.05) is 12.1 Å². The molecule has 1 aromatic heterocycles. The Labute approximate surface area is 119 Å². The fourth-order valence-corrected chi connectivity index (χ4v) is 1.94. The summed E-state index contributed by atoms with van der Waals surface area (Å²) in [7, 11) is 0. The van der Waals surface area contributed by atoms with Gasteiger partial charge in [0.15, 0.2) is 6.10 Å². The molecule has 0 saturated heterocycles. The summed E-state index contributed by atoms with van der Waals surface area (Å²) in [6.07, 6.45) is -11.9. The number of halogens is 6. The van der Waals surface area contributed by atoms with Crippen LogP contribution in [0.2, 0.25) is 0 Å². The third-order valence-electron chi connectivity index (χ3n) is 2.88. The zero-order valence-electron chi connectivity index (χ0n) is 10.5. The molecule has 0 aliphatic carbocycles. The highest BCUT2D eigenvalue weighted by molar-refractivity contribution is 5.86. The van der Waals surface area contributed by atoms with Crippen molar-refractivity contribution in [1.82, 2.24) is 4.98 Å². The normalized spacial score (nSPS) is 13.9. The van der Waals surface area contributed by atoms with E-state index < -0.39 is 40.8 Å². The van der Waals surface area contributed by atoms with Gasteiger partial charge in [0.2, 0.25) is 0 Å². The molecular weight excluding hydrogens is 314 g/mol. The van der Waals surface area contributed by atoms with E-state index in [0.29, 0.717) is 12.1 Å². The first-order chi connectivity index (χ1) is 10.1. The lowest BCUT2D eigenvalue weighted by molar-refractivity contribution is -0.142. The molecule has 1 atom stereocenters. The summed E-state index contributed by atoms with van der Waals surface area (Å²) >= 11 is 0. The van der Waals surface area contributed by atoms with E-state index in [-0.39, 0.29) is 5.39 Å². The number of benzene rings is 1. The molecule has 9 heteroatoms. The second-order valence-corrected chi connectivity index (χ2v) is 4.33. The van der Waals surface area contributed by atoms with E-state index in [2.05, 4.69) is 4.98 Å². The number of para-hydroxylation sites is 1. The maximum Gasteiger partial charge on any atom is 0.433 e. The van der Waals surface area contributed by atoms with Crippen molar-refractivity contribution in [3.05, 3.63) is 41.1 Å². The molecule has 0 aliphatic rings. The zero-order valence-corrected chi connectivity index (χ0v) is 10.5. The SMILES string of the molecule is N#CC(O)c1cc(C(F)(F)F)nc2c(C(F)(F)F)cccc12. The van der Waals surface area contributed by atoms with Gasteiger partial charge in [-0.25, -0.2) is 4.98 Å². The summed E-state index contributed by atoms with van der Waals surface area (Å²) in [6.45, 7) is 0. The van der Waals surface area contributed by atoms with Crippen molar-refractivity contribution in [3.63, 3.8) is 0 Å². The third kappa shape index (κ3) is 2.82. The Hall–Kier alpha value is -2.34. The molecule has 1 aromatic carbocycles. The number of aromatic nitrogens is 1. The van der Waals surface area contributed by atoms with Crippen LogP contribution < -0.4 is 0 Å². The van der Waals surface area contributed by atoms with Crippen LogP contribution in [0.1, 0.15) is 22.9 Å². The second kappa shape index (κ2) is 5.14.